The van der Waals surface area contributed by atoms with E-state index < -0.39 is 21.5 Å². The predicted molar refractivity (Wildman–Crippen MR) is 60.0 cm³/mol. The first-order valence-corrected chi connectivity index (χ1v) is 5.92. The van der Waals surface area contributed by atoms with Crippen LogP contribution in [0.1, 0.15) is 19.4 Å². The highest BCUT2D eigenvalue weighted by Gasteiger charge is 2.34. The Morgan fingerprint density at radius 1 is 1.33 bits per heavy atom. The number of aliphatic carboxylic acids is 1. The fourth-order valence-electron chi connectivity index (χ4n) is 1.00. The molecule has 0 amide bonds. The molecule has 1 N–H and O–H groups in total. The number of carboxylic acid groups (broad SMARTS) is 1. The van der Waals surface area contributed by atoms with E-state index in [1.165, 1.54) is 13.8 Å². The van der Waals surface area contributed by atoms with Gasteiger partial charge in [0.2, 0.25) is 0 Å². The largest absolute Gasteiger partial charge is 0.480 e. The molecule has 1 aromatic rings. The number of benzene rings is 1. The van der Waals surface area contributed by atoms with Crippen molar-refractivity contribution in [1.29, 1.82) is 0 Å². The maximum atomic E-state index is 11.8. The van der Waals surface area contributed by atoms with Crippen LogP contribution in [0.5, 0.6) is 0 Å². The zero-order valence-electron chi connectivity index (χ0n) is 8.77. The summed E-state index contributed by atoms with van der Waals surface area (Å²) < 4.78 is 10.6. The van der Waals surface area contributed by atoms with Gasteiger partial charge >= 0.3 is 5.97 Å². The summed E-state index contributed by atoms with van der Waals surface area (Å²) in [5, 5.41) is 8.90. The van der Waals surface area contributed by atoms with Gasteiger partial charge in [-0.3, -0.25) is 9.00 Å². The third-order valence-corrected chi connectivity index (χ3v) is 4.13. The van der Waals surface area contributed by atoms with Gasteiger partial charge in [-0.05, 0) is 19.4 Å². The van der Waals surface area contributed by atoms with Crippen molar-refractivity contribution >= 4 is 16.8 Å². The van der Waals surface area contributed by atoms with E-state index in [4.69, 9.17) is 5.11 Å². The Balaban J connectivity index is 2.77. The van der Waals surface area contributed by atoms with Gasteiger partial charge in [-0.1, -0.05) is 30.3 Å². The highest BCUT2D eigenvalue weighted by atomic mass is 32.2. The third kappa shape index (κ3) is 2.89. The van der Waals surface area contributed by atoms with E-state index in [0.29, 0.717) is 0 Å². The molecule has 1 rings (SSSR count). The van der Waals surface area contributed by atoms with Gasteiger partial charge in [-0.25, -0.2) is 0 Å². The molecule has 3 nitrogen and oxygen atoms in total. The Kier molecular flexibility index (Phi) is 3.63. The van der Waals surface area contributed by atoms with Gasteiger partial charge in [-0.2, -0.15) is 0 Å². The molecule has 0 aliphatic carbocycles. The lowest BCUT2D eigenvalue weighted by molar-refractivity contribution is -0.139. The van der Waals surface area contributed by atoms with Crippen molar-refractivity contribution in [3.05, 3.63) is 35.9 Å². The van der Waals surface area contributed by atoms with Crippen LogP contribution in [0.2, 0.25) is 0 Å². The average molecular weight is 226 g/mol. The van der Waals surface area contributed by atoms with Gasteiger partial charge in [0.15, 0.2) is 0 Å². The number of carboxylic acids is 1. The quantitative estimate of drug-likeness (QED) is 0.851. The molecule has 82 valence electrons. The minimum absolute atomic E-state index is 0.278. The Morgan fingerprint density at radius 2 is 1.87 bits per heavy atom. The van der Waals surface area contributed by atoms with Crippen molar-refractivity contribution in [2.45, 2.75) is 24.3 Å². The van der Waals surface area contributed by atoms with E-state index in [2.05, 4.69) is 0 Å². The summed E-state index contributed by atoms with van der Waals surface area (Å²) in [7, 11) is -1.41. The molecule has 0 spiro atoms. The first-order valence-electron chi connectivity index (χ1n) is 4.60. The zero-order valence-corrected chi connectivity index (χ0v) is 9.58. The van der Waals surface area contributed by atoms with Gasteiger partial charge in [-0.15, -0.1) is 0 Å². The van der Waals surface area contributed by atoms with Gasteiger partial charge in [0.05, 0.1) is 0 Å². The fraction of sp³-hybridized carbons (Fsp3) is 0.364. The van der Waals surface area contributed by atoms with E-state index in [1.54, 1.807) is 0 Å². The summed E-state index contributed by atoms with van der Waals surface area (Å²) in [6, 6.07) is 9.25. The van der Waals surface area contributed by atoms with Gasteiger partial charge in [0.1, 0.15) is 4.75 Å². The third-order valence-electron chi connectivity index (χ3n) is 2.22. The molecule has 0 aromatic heterocycles. The molecule has 15 heavy (non-hydrogen) atoms. The zero-order chi connectivity index (χ0) is 11.5. The van der Waals surface area contributed by atoms with Crippen molar-refractivity contribution in [2.24, 2.45) is 0 Å². The van der Waals surface area contributed by atoms with Crippen molar-refractivity contribution in [2.75, 3.05) is 0 Å². The molecule has 1 atom stereocenters. The van der Waals surface area contributed by atoms with Gasteiger partial charge in [0.25, 0.3) is 0 Å². The maximum Gasteiger partial charge on any atom is 0.321 e. The van der Waals surface area contributed by atoms with Gasteiger partial charge < -0.3 is 5.11 Å². The minimum atomic E-state index is -1.41. The van der Waals surface area contributed by atoms with E-state index in [-0.39, 0.29) is 5.75 Å². The Labute approximate surface area is 91.6 Å². The second kappa shape index (κ2) is 4.57. The molecule has 0 radical (unpaired) electrons. The molecular formula is C11H14O3S. The van der Waals surface area contributed by atoms with Crippen molar-refractivity contribution in [1.82, 2.24) is 0 Å². The summed E-state index contributed by atoms with van der Waals surface area (Å²) in [5.74, 6) is -0.753. The monoisotopic (exact) mass is 226 g/mol. The number of hydrogen-bond donors (Lipinski definition) is 1. The Hall–Kier alpha value is -1.16. The highest BCUT2D eigenvalue weighted by molar-refractivity contribution is 7.86. The lowest BCUT2D eigenvalue weighted by atomic mass is 10.2. The Morgan fingerprint density at radius 3 is 2.33 bits per heavy atom. The molecule has 0 aliphatic heterocycles. The minimum Gasteiger partial charge on any atom is -0.480 e. The van der Waals surface area contributed by atoms with Crippen molar-refractivity contribution < 1.29 is 14.1 Å². The van der Waals surface area contributed by atoms with Crippen molar-refractivity contribution in [3.8, 4) is 0 Å². The van der Waals surface area contributed by atoms with E-state index >= 15 is 0 Å². The van der Waals surface area contributed by atoms with E-state index in [9.17, 15) is 9.00 Å². The molecule has 0 heterocycles. The van der Waals surface area contributed by atoms with Crippen LogP contribution >= 0.6 is 0 Å². The molecule has 0 saturated carbocycles. The average Bonchev–Trinajstić information content (AvgIpc) is 2.18. The number of rotatable bonds is 4. The van der Waals surface area contributed by atoms with E-state index in [0.717, 1.165) is 5.56 Å². The molecule has 0 bridgehead atoms. The van der Waals surface area contributed by atoms with Crippen LogP contribution < -0.4 is 0 Å². The molecule has 0 saturated heterocycles. The van der Waals surface area contributed by atoms with Crippen LogP contribution in [-0.2, 0) is 21.3 Å². The van der Waals surface area contributed by atoms with Crippen LogP contribution in [0.15, 0.2) is 30.3 Å². The van der Waals surface area contributed by atoms with Crippen LogP contribution in [0.25, 0.3) is 0 Å². The lowest BCUT2D eigenvalue weighted by Gasteiger charge is -2.18. The second-order valence-corrected chi connectivity index (χ2v) is 5.79. The number of carbonyl (C=O) groups is 1. The number of hydrogen-bond acceptors (Lipinski definition) is 2. The molecule has 1 aromatic carbocycles. The summed E-state index contributed by atoms with van der Waals surface area (Å²) in [5.41, 5.74) is 0.894. The summed E-state index contributed by atoms with van der Waals surface area (Å²) in [6.45, 7) is 2.96. The smallest absolute Gasteiger partial charge is 0.321 e. The first-order chi connectivity index (χ1) is 6.94. The SMILES string of the molecule is CC(C)(C(=O)O)S(=O)Cc1ccccc1. The van der Waals surface area contributed by atoms with Gasteiger partial charge in [0, 0.05) is 16.6 Å². The molecule has 4 heteroatoms. The van der Waals surface area contributed by atoms with Crippen LogP contribution in [0, 0.1) is 0 Å². The highest BCUT2D eigenvalue weighted by Crippen LogP contribution is 2.17. The van der Waals surface area contributed by atoms with Crippen molar-refractivity contribution in [3.63, 3.8) is 0 Å². The normalized spacial score (nSPS) is 13.5. The summed E-state index contributed by atoms with van der Waals surface area (Å²) in [6.07, 6.45) is 0. The molecule has 0 aliphatic rings. The fourth-order valence-corrected chi connectivity index (χ4v) is 2.05. The lowest BCUT2D eigenvalue weighted by Crippen LogP contribution is -2.37. The second-order valence-electron chi connectivity index (χ2n) is 3.79. The van der Waals surface area contributed by atoms with Crippen LogP contribution in [-0.4, -0.2) is 20.0 Å². The standard InChI is InChI=1S/C11H14O3S/c1-11(2,10(12)13)15(14)8-9-6-4-3-5-7-9/h3-7H,8H2,1-2H3,(H,12,13). The maximum absolute atomic E-state index is 11.8. The molecule has 0 fully saturated rings. The predicted octanol–water partition coefficient (Wildman–Crippen LogP) is 1.80. The van der Waals surface area contributed by atoms with Crippen LogP contribution in [0.3, 0.4) is 0 Å². The molecular weight excluding hydrogens is 212 g/mol. The summed E-state index contributed by atoms with van der Waals surface area (Å²) in [4.78, 5) is 10.9. The van der Waals surface area contributed by atoms with Crippen LogP contribution in [0.4, 0.5) is 0 Å². The first kappa shape index (κ1) is 11.9. The molecule has 1 unspecified atom stereocenters. The Bertz CT molecular complexity index is 371. The summed E-state index contributed by atoms with van der Waals surface area (Å²) >= 11 is 0. The topological polar surface area (TPSA) is 54.4 Å². The van der Waals surface area contributed by atoms with E-state index in [1.807, 2.05) is 30.3 Å².